The summed E-state index contributed by atoms with van der Waals surface area (Å²) in [5.41, 5.74) is 0.387. The molecule has 2 rings (SSSR count). The fourth-order valence-corrected chi connectivity index (χ4v) is 1.54. The Bertz CT molecular complexity index is 650. The van der Waals surface area contributed by atoms with Crippen molar-refractivity contribution >= 4 is 17.9 Å². The first kappa shape index (κ1) is 12.6. The van der Waals surface area contributed by atoms with Crippen molar-refractivity contribution in [3.63, 3.8) is 0 Å². The Balaban J connectivity index is 2.37. The average Bonchev–Trinajstić information content (AvgIpc) is 2.39. The molecule has 5 nitrogen and oxygen atoms in total. The lowest BCUT2D eigenvalue weighted by Crippen LogP contribution is -1.96. The van der Waals surface area contributed by atoms with Gasteiger partial charge in [-0.15, -0.1) is 0 Å². The molecule has 0 radical (unpaired) electrons. The number of aromatic carboxylic acids is 1. The molecule has 3 N–H and O–H groups in total. The number of phenols is 2. The zero-order chi connectivity index (χ0) is 13.8. The third kappa shape index (κ3) is 2.71. The number of carbonyl (C=O) groups is 1. The van der Waals surface area contributed by atoms with Crippen molar-refractivity contribution in [2.24, 2.45) is 4.99 Å². The average molecular weight is 257 g/mol. The Hall–Kier alpha value is -2.82. The van der Waals surface area contributed by atoms with Gasteiger partial charge in [0.05, 0.1) is 0 Å². The number of carboxylic acid groups (broad SMARTS) is 1. The summed E-state index contributed by atoms with van der Waals surface area (Å²) < 4.78 is 0. The van der Waals surface area contributed by atoms with Gasteiger partial charge in [0, 0.05) is 11.8 Å². The number of phenolic OH excluding ortho intramolecular Hbond substituents is 1. The minimum Gasteiger partial charge on any atom is -0.507 e. The Morgan fingerprint density at radius 1 is 1.05 bits per heavy atom. The maximum absolute atomic E-state index is 10.9. The number of carboxylic acids is 1. The molecule has 0 spiro atoms. The minimum absolute atomic E-state index is 0.0557. The number of rotatable bonds is 3. The molecule has 0 aliphatic rings. The number of para-hydroxylation sites is 2. The van der Waals surface area contributed by atoms with Crippen LogP contribution in [0.2, 0.25) is 0 Å². The molecule has 19 heavy (non-hydrogen) atoms. The van der Waals surface area contributed by atoms with Crippen LogP contribution in [0.3, 0.4) is 0 Å². The van der Waals surface area contributed by atoms with E-state index in [1.807, 2.05) is 0 Å². The van der Waals surface area contributed by atoms with E-state index in [-0.39, 0.29) is 17.0 Å². The second-order valence-corrected chi connectivity index (χ2v) is 3.80. The summed E-state index contributed by atoms with van der Waals surface area (Å²) in [4.78, 5) is 14.8. The first-order valence-electron chi connectivity index (χ1n) is 5.47. The number of aliphatic imine (C=N–C) groups is 1. The maximum Gasteiger partial charge on any atom is 0.339 e. The van der Waals surface area contributed by atoms with Crippen LogP contribution in [0.4, 0.5) is 5.69 Å². The van der Waals surface area contributed by atoms with Gasteiger partial charge in [0.15, 0.2) is 5.75 Å². The zero-order valence-corrected chi connectivity index (χ0v) is 9.82. The molecule has 0 fully saturated rings. The second kappa shape index (κ2) is 5.22. The summed E-state index contributed by atoms with van der Waals surface area (Å²) in [7, 11) is 0. The smallest absolute Gasteiger partial charge is 0.339 e. The highest BCUT2D eigenvalue weighted by molar-refractivity contribution is 5.94. The number of hydrogen-bond acceptors (Lipinski definition) is 4. The van der Waals surface area contributed by atoms with Gasteiger partial charge < -0.3 is 15.3 Å². The first-order chi connectivity index (χ1) is 9.09. The topological polar surface area (TPSA) is 90.1 Å². The summed E-state index contributed by atoms with van der Waals surface area (Å²) in [5.74, 6) is -1.57. The zero-order valence-electron chi connectivity index (χ0n) is 9.82. The standard InChI is InChI=1S/C14H11NO4/c16-12-7-2-1-4-9(12)8-15-11-6-3-5-10(13(11)17)14(18)19/h1-8,16-17H,(H,18,19). The molecule has 0 aliphatic heterocycles. The normalized spacial score (nSPS) is 10.7. The summed E-state index contributed by atoms with van der Waals surface area (Å²) >= 11 is 0. The number of nitrogens with zero attached hydrogens (tertiary/aromatic N) is 1. The van der Waals surface area contributed by atoms with Crippen molar-refractivity contribution in [3.05, 3.63) is 53.6 Å². The fourth-order valence-electron chi connectivity index (χ4n) is 1.54. The number of aromatic hydroxyl groups is 2. The van der Waals surface area contributed by atoms with Gasteiger partial charge in [-0.05, 0) is 24.3 Å². The lowest BCUT2D eigenvalue weighted by molar-refractivity contribution is 0.0694. The van der Waals surface area contributed by atoms with E-state index >= 15 is 0 Å². The van der Waals surface area contributed by atoms with Crippen LogP contribution in [0.1, 0.15) is 15.9 Å². The van der Waals surface area contributed by atoms with Gasteiger partial charge in [-0.2, -0.15) is 0 Å². The van der Waals surface area contributed by atoms with E-state index in [9.17, 15) is 15.0 Å². The van der Waals surface area contributed by atoms with Gasteiger partial charge in [0.1, 0.15) is 17.0 Å². The van der Waals surface area contributed by atoms with Crippen molar-refractivity contribution in [2.45, 2.75) is 0 Å². The molecule has 0 unspecified atom stereocenters. The highest BCUT2D eigenvalue weighted by Crippen LogP contribution is 2.30. The number of hydrogen-bond donors (Lipinski definition) is 3. The van der Waals surface area contributed by atoms with Crippen molar-refractivity contribution in [1.29, 1.82) is 0 Å². The summed E-state index contributed by atoms with van der Waals surface area (Å²) in [6.45, 7) is 0. The molecule has 0 saturated carbocycles. The van der Waals surface area contributed by atoms with Gasteiger partial charge in [0.25, 0.3) is 0 Å². The molecule has 2 aromatic carbocycles. The predicted molar refractivity (Wildman–Crippen MR) is 70.4 cm³/mol. The lowest BCUT2D eigenvalue weighted by atomic mass is 10.1. The van der Waals surface area contributed by atoms with Crippen molar-refractivity contribution in [3.8, 4) is 11.5 Å². The molecular formula is C14H11NO4. The molecule has 0 saturated heterocycles. The van der Waals surface area contributed by atoms with Gasteiger partial charge in [-0.1, -0.05) is 18.2 Å². The Kier molecular flexibility index (Phi) is 3.47. The summed E-state index contributed by atoms with van der Waals surface area (Å²) in [5, 5.41) is 28.2. The van der Waals surface area contributed by atoms with E-state index < -0.39 is 11.7 Å². The van der Waals surface area contributed by atoms with Crippen LogP contribution < -0.4 is 0 Å². The van der Waals surface area contributed by atoms with Crippen LogP contribution in [0.5, 0.6) is 11.5 Å². The van der Waals surface area contributed by atoms with Gasteiger partial charge in [-0.3, -0.25) is 4.99 Å². The van der Waals surface area contributed by atoms with E-state index in [4.69, 9.17) is 5.11 Å². The van der Waals surface area contributed by atoms with Crippen LogP contribution >= 0.6 is 0 Å². The highest BCUT2D eigenvalue weighted by Gasteiger charge is 2.11. The van der Waals surface area contributed by atoms with E-state index in [2.05, 4.69) is 4.99 Å². The SMILES string of the molecule is O=C(O)c1cccc(N=Cc2ccccc2O)c1O. The monoisotopic (exact) mass is 257 g/mol. The molecule has 0 aromatic heterocycles. The summed E-state index contributed by atoms with van der Waals surface area (Å²) in [6, 6.07) is 10.8. The van der Waals surface area contributed by atoms with Crippen LogP contribution in [-0.4, -0.2) is 27.5 Å². The maximum atomic E-state index is 10.9. The number of benzene rings is 2. The Morgan fingerprint density at radius 3 is 2.47 bits per heavy atom. The quantitative estimate of drug-likeness (QED) is 0.737. The van der Waals surface area contributed by atoms with Gasteiger partial charge >= 0.3 is 5.97 Å². The lowest BCUT2D eigenvalue weighted by Gasteiger charge is -2.02. The van der Waals surface area contributed by atoms with Gasteiger partial charge in [0.2, 0.25) is 0 Å². The molecule has 2 aromatic rings. The molecule has 96 valence electrons. The van der Waals surface area contributed by atoms with E-state index in [1.54, 1.807) is 18.2 Å². The Labute approximate surface area is 109 Å². The highest BCUT2D eigenvalue weighted by atomic mass is 16.4. The van der Waals surface area contributed by atoms with Crippen LogP contribution in [0.15, 0.2) is 47.5 Å². The third-order valence-corrected chi connectivity index (χ3v) is 2.52. The Morgan fingerprint density at radius 2 is 1.79 bits per heavy atom. The fraction of sp³-hybridized carbons (Fsp3) is 0. The predicted octanol–water partition coefficient (Wildman–Crippen LogP) is 2.55. The third-order valence-electron chi connectivity index (χ3n) is 2.52. The van der Waals surface area contributed by atoms with Crippen molar-refractivity contribution in [1.82, 2.24) is 0 Å². The first-order valence-corrected chi connectivity index (χ1v) is 5.47. The molecule has 0 heterocycles. The van der Waals surface area contributed by atoms with E-state index in [0.717, 1.165) is 0 Å². The van der Waals surface area contributed by atoms with Gasteiger partial charge in [-0.25, -0.2) is 4.79 Å². The molecule has 0 amide bonds. The minimum atomic E-state index is -1.22. The molecule has 0 atom stereocenters. The van der Waals surface area contributed by atoms with Crippen molar-refractivity contribution in [2.75, 3.05) is 0 Å². The largest absolute Gasteiger partial charge is 0.507 e. The molecule has 0 aliphatic carbocycles. The van der Waals surface area contributed by atoms with Crippen LogP contribution in [0, 0.1) is 0 Å². The summed E-state index contributed by atoms with van der Waals surface area (Å²) in [6.07, 6.45) is 1.36. The van der Waals surface area contributed by atoms with E-state index in [0.29, 0.717) is 5.56 Å². The molecule has 0 bridgehead atoms. The molecular weight excluding hydrogens is 246 g/mol. The van der Waals surface area contributed by atoms with E-state index in [1.165, 1.54) is 30.5 Å². The van der Waals surface area contributed by atoms with Crippen LogP contribution in [0.25, 0.3) is 0 Å². The van der Waals surface area contributed by atoms with Crippen LogP contribution in [-0.2, 0) is 0 Å². The van der Waals surface area contributed by atoms with Crippen molar-refractivity contribution < 1.29 is 20.1 Å². The second-order valence-electron chi connectivity index (χ2n) is 3.80. The molecule has 5 heteroatoms.